The fourth-order valence-electron chi connectivity index (χ4n) is 3.96. The number of carbonyl (C=O) groups is 1. The van der Waals surface area contributed by atoms with Crippen molar-refractivity contribution in [3.8, 4) is 11.8 Å². The number of halogens is 1. The van der Waals surface area contributed by atoms with Gasteiger partial charge in [-0.05, 0) is 42.8 Å². The zero-order valence-corrected chi connectivity index (χ0v) is 17.5. The van der Waals surface area contributed by atoms with Crippen LogP contribution in [0.2, 0.25) is 0 Å². The monoisotopic (exact) mass is 418 g/mol. The number of pyridine rings is 1. The van der Waals surface area contributed by atoms with Crippen molar-refractivity contribution >= 4 is 16.8 Å². The van der Waals surface area contributed by atoms with Gasteiger partial charge in [-0.15, -0.1) is 0 Å². The number of amides is 1. The molecule has 0 aliphatic carbocycles. The van der Waals surface area contributed by atoms with Crippen molar-refractivity contribution in [3.63, 3.8) is 0 Å². The average molecular weight is 418 g/mol. The molecular formula is C24H23FN4O2. The second-order valence-corrected chi connectivity index (χ2v) is 7.59. The summed E-state index contributed by atoms with van der Waals surface area (Å²) in [6, 6.07) is 15.7. The number of hydrogen-bond donors (Lipinski definition) is 0. The van der Waals surface area contributed by atoms with Gasteiger partial charge in [0.05, 0.1) is 30.0 Å². The zero-order chi connectivity index (χ0) is 22.0. The Bertz CT molecular complexity index is 1150. The Morgan fingerprint density at radius 3 is 2.48 bits per heavy atom. The van der Waals surface area contributed by atoms with Crippen LogP contribution in [0.5, 0.6) is 5.75 Å². The maximum absolute atomic E-state index is 13.5. The first-order valence-corrected chi connectivity index (χ1v) is 10.1. The lowest BCUT2D eigenvalue weighted by atomic mass is 10.0. The van der Waals surface area contributed by atoms with E-state index >= 15 is 0 Å². The van der Waals surface area contributed by atoms with Gasteiger partial charge in [0, 0.05) is 37.6 Å². The molecule has 158 valence electrons. The normalized spacial score (nSPS) is 15.5. The third kappa shape index (κ3) is 4.21. The number of benzene rings is 2. The Balaban J connectivity index is 1.47. The molecule has 7 heteroatoms. The van der Waals surface area contributed by atoms with Crippen LogP contribution in [0.15, 0.2) is 48.5 Å². The first-order chi connectivity index (χ1) is 15.0. The highest BCUT2D eigenvalue weighted by molar-refractivity contribution is 5.98. The number of carbonyl (C=O) groups excluding carboxylic acids is 1. The van der Waals surface area contributed by atoms with Crippen LogP contribution in [-0.2, 0) is 0 Å². The summed E-state index contributed by atoms with van der Waals surface area (Å²) in [6.45, 7) is 4.01. The third-order valence-electron chi connectivity index (χ3n) is 5.72. The van der Waals surface area contributed by atoms with Gasteiger partial charge < -0.3 is 9.64 Å². The summed E-state index contributed by atoms with van der Waals surface area (Å²) in [5.74, 6) is 0.310. The van der Waals surface area contributed by atoms with Gasteiger partial charge in [-0.25, -0.2) is 4.39 Å². The molecule has 1 atom stereocenters. The van der Waals surface area contributed by atoms with Crippen molar-refractivity contribution in [1.29, 1.82) is 5.26 Å². The van der Waals surface area contributed by atoms with Gasteiger partial charge in [-0.3, -0.25) is 14.7 Å². The summed E-state index contributed by atoms with van der Waals surface area (Å²) in [7, 11) is 1.61. The molecule has 3 aromatic rings. The molecule has 4 rings (SSSR count). The molecule has 1 aromatic heterocycles. The van der Waals surface area contributed by atoms with Gasteiger partial charge in [0.1, 0.15) is 17.6 Å². The van der Waals surface area contributed by atoms with Crippen molar-refractivity contribution in [1.82, 2.24) is 14.8 Å². The Morgan fingerprint density at radius 2 is 1.84 bits per heavy atom. The summed E-state index contributed by atoms with van der Waals surface area (Å²) >= 11 is 0. The number of rotatable bonds is 4. The molecule has 0 bridgehead atoms. The number of nitrogens with zero attached hydrogens (tertiary/aromatic N) is 4. The second kappa shape index (κ2) is 8.70. The van der Waals surface area contributed by atoms with Crippen molar-refractivity contribution < 1.29 is 13.9 Å². The third-order valence-corrected chi connectivity index (χ3v) is 5.72. The summed E-state index contributed by atoms with van der Waals surface area (Å²) in [5, 5.41) is 10.5. The molecular weight excluding hydrogens is 395 g/mol. The van der Waals surface area contributed by atoms with Crippen LogP contribution in [0.25, 0.3) is 10.9 Å². The number of piperazine rings is 1. The van der Waals surface area contributed by atoms with E-state index < -0.39 is 0 Å². The minimum atomic E-state index is -0.373. The van der Waals surface area contributed by atoms with Crippen molar-refractivity contribution in [3.05, 3.63) is 71.2 Å². The quantitative estimate of drug-likeness (QED) is 0.646. The van der Waals surface area contributed by atoms with Crippen LogP contribution in [0.1, 0.15) is 27.7 Å². The Kier molecular flexibility index (Phi) is 5.83. The fourth-order valence-corrected chi connectivity index (χ4v) is 3.96. The molecule has 2 heterocycles. The minimum absolute atomic E-state index is 0.0890. The van der Waals surface area contributed by atoms with E-state index in [0.717, 1.165) is 16.7 Å². The number of aromatic nitrogens is 1. The predicted molar refractivity (Wildman–Crippen MR) is 115 cm³/mol. The predicted octanol–water partition coefficient (Wildman–Crippen LogP) is 3.71. The molecule has 0 N–H and O–H groups in total. The number of methoxy groups -OCH3 is 1. The van der Waals surface area contributed by atoms with Gasteiger partial charge in [0.15, 0.2) is 0 Å². The van der Waals surface area contributed by atoms with Crippen molar-refractivity contribution in [2.75, 3.05) is 33.3 Å². The van der Waals surface area contributed by atoms with E-state index in [4.69, 9.17) is 4.74 Å². The average Bonchev–Trinajstić information content (AvgIpc) is 2.79. The van der Waals surface area contributed by atoms with Crippen LogP contribution >= 0.6 is 0 Å². The number of aryl methyl sites for hydroxylation is 1. The number of hydrogen-bond acceptors (Lipinski definition) is 5. The minimum Gasteiger partial charge on any atom is -0.497 e. The molecule has 1 fully saturated rings. The summed E-state index contributed by atoms with van der Waals surface area (Å²) in [4.78, 5) is 21.4. The van der Waals surface area contributed by atoms with Gasteiger partial charge >= 0.3 is 0 Å². The van der Waals surface area contributed by atoms with Crippen LogP contribution in [0, 0.1) is 24.1 Å². The lowest BCUT2D eigenvalue weighted by Gasteiger charge is -2.37. The maximum Gasteiger partial charge on any atom is 0.255 e. The second-order valence-electron chi connectivity index (χ2n) is 7.59. The first kappa shape index (κ1) is 20.8. The summed E-state index contributed by atoms with van der Waals surface area (Å²) in [5.41, 5.74) is 2.55. The highest BCUT2D eigenvalue weighted by Gasteiger charge is 2.28. The molecule has 1 saturated heterocycles. The molecule has 1 aliphatic rings. The number of fused-ring (bicyclic) bond motifs is 1. The van der Waals surface area contributed by atoms with Gasteiger partial charge in [0.2, 0.25) is 0 Å². The summed E-state index contributed by atoms with van der Waals surface area (Å²) in [6.07, 6.45) is 0. The van der Waals surface area contributed by atoms with E-state index in [1.807, 2.05) is 24.3 Å². The van der Waals surface area contributed by atoms with E-state index in [-0.39, 0.29) is 17.8 Å². The highest BCUT2D eigenvalue weighted by Crippen LogP contribution is 2.25. The van der Waals surface area contributed by atoms with Crippen LogP contribution < -0.4 is 4.74 Å². The lowest BCUT2D eigenvalue weighted by molar-refractivity contribution is 0.0605. The van der Waals surface area contributed by atoms with Crippen LogP contribution in [-0.4, -0.2) is 54.0 Å². The Labute approximate surface area is 180 Å². The topological polar surface area (TPSA) is 69.5 Å². The molecule has 0 saturated carbocycles. The van der Waals surface area contributed by atoms with E-state index in [9.17, 15) is 14.4 Å². The van der Waals surface area contributed by atoms with Crippen molar-refractivity contribution in [2.45, 2.75) is 13.0 Å². The van der Waals surface area contributed by atoms with Crippen LogP contribution in [0.4, 0.5) is 4.39 Å². The Morgan fingerprint density at radius 1 is 1.13 bits per heavy atom. The SMILES string of the molecule is COc1ccc(C(C#N)N2CCN(C(=O)c3cc4ccc(F)cc4nc3C)CC2)cc1. The Hall–Kier alpha value is -3.50. The van der Waals surface area contributed by atoms with Gasteiger partial charge in [-0.1, -0.05) is 12.1 Å². The molecule has 1 aliphatic heterocycles. The standard InChI is InChI=1S/C24H23FN4O2/c1-16-21(13-18-3-6-19(25)14-22(18)27-16)24(30)29-11-9-28(10-12-29)23(15-26)17-4-7-20(31-2)8-5-17/h3-8,13-14,23H,9-12H2,1-2H3. The number of nitriles is 1. The number of ether oxygens (including phenoxy) is 1. The fraction of sp³-hybridized carbons (Fsp3) is 0.292. The van der Waals surface area contributed by atoms with E-state index in [2.05, 4.69) is 16.0 Å². The van der Waals surface area contributed by atoms with Gasteiger partial charge in [0.25, 0.3) is 5.91 Å². The highest BCUT2D eigenvalue weighted by atomic mass is 19.1. The molecule has 1 amide bonds. The molecule has 0 radical (unpaired) electrons. The molecule has 31 heavy (non-hydrogen) atoms. The van der Waals surface area contributed by atoms with Crippen LogP contribution in [0.3, 0.4) is 0 Å². The molecule has 2 aromatic carbocycles. The first-order valence-electron chi connectivity index (χ1n) is 10.1. The largest absolute Gasteiger partial charge is 0.497 e. The lowest BCUT2D eigenvalue weighted by Crippen LogP contribution is -2.49. The van der Waals surface area contributed by atoms with E-state index in [1.54, 1.807) is 31.1 Å². The van der Waals surface area contributed by atoms with E-state index in [0.29, 0.717) is 43.0 Å². The molecule has 0 spiro atoms. The molecule has 6 nitrogen and oxygen atoms in total. The molecule has 1 unspecified atom stereocenters. The smallest absolute Gasteiger partial charge is 0.255 e. The van der Waals surface area contributed by atoms with Gasteiger partial charge in [-0.2, -0.15) is 5.26 Å². The van der Waals surface area contributed by atoms with E-state index in [1.165, 1.54) is 12.1 Å². The zero-order valence-electron chi connectivity index (χ0n) is 17.5. The maximum atomic E-state index is 13.5. The summed E-state index contributed by atoms with van der Waals surface area (Å²) < 4.78 is 18.6. The van der Waals surface area contributed by atoms with Crippen molar-refractivity contribution in [2.24, 2.45) is 0 Å².